The molecule has 3 rings (SSSR count). The monoisotopic (exact) mass is 253 g/mol. The van der Waals surface area contributed by atoms with E-state index < -0.39 is 0 Å². The van der Waals surface area contributed by atoms with Crippen molar-refractivity contribution in [3.8, 4) is 5.75 Å². The fourth-order valence-corrected chi connectivity index (χ4v) is 2.32. The summed E-state index contributed by atoms with van der Waals surface area (Å²) in [5, 5.41) is 12.1. The smallest absolute Gasteiger partial charge is 0.235 e. The third-order valence-electron chi connectivity index (χ3n) is 3.64. The Morgan fingerprint density at radius 3 is 2.21 bits per heavy atom. The van der Waals surface area contributed by atoms with Crippen LogP contribution in [-0.4, -0.2) is 11.0 Å². The highest BCUT2D eigenvalue weighted by molar-refractivity contribution is 6.01. The third-order valence-corrected chi connectivity index (χ3v) is 3.64. The van der Waals surface area contributed by atoms with Crippen LogP contribution in [-0.2, 0) is 10.2 Å². The SMILES string of the molecule is O=C(Nc1ccc(O)cc1)C1(c2ccccc2)CC1. The Hall–Kier alpha value is -2.29. The summed E-state index contributed by atoms with van der Waals surface area (Å²) in [6, 6.07) is 16.4. The lowest BCUT2D eigenvalue weighted by Gasteiger charge is -2.15. The van der Waals surface area contributed by atoms with Crippen molar-refractivity contribution in [1.29, 1.82) is 0 Å². The van der Waals surface area contributed by atoms with Crippen LogP contribution in [0.25, 0.3) is 0 Å². The van der Waals surface area contributed by atoms with Gasteiger partial charge in [-0.3, -0.25) is 4.79 Å². The Bertz CT molecular complexity index is 586. The summed E-state index contributed by atoms with van der Waals surface area (Å²) in [5.74, 6) is 0.228. The van der Waals surface area contributed by atoms with Gasteiger partial charge in [0.1, 0.15) is 5.75 Å². The fraction of sp³-hybridized carbons (Fsp3) is 0.188. The molecule has 96 valence electrons. The number of anilines is 1. The zero-order valence-electron chi connectivity index (χ0n) is 10.5. The van der Waals surface area contributed by atoms with Crippen LogP contribution in [0.2, 0.25) is 0 Å². The first kappa shape index (κ1) is 11.8. The number of carbonyl (C=O) groups excluding carboxylic acids is 1. The topological polar surface area (TPSA) is 49.3 Å². The Morgan fingerprint density at radius 1 is 1.00 bits per heavy atom. The molecule has 1 aliphatic carbocycles. The number of hydrogen-bond donors (Lipinski definition) is 2. The van der Waals surface area contributed by atoms with Crippen LogP contribution in [0.4, 0.5) is 5.69 Å². The van der Waals surface area contributed by atoms with Gasteiger partial charge in [0.15, 0.2) is 0 Å². The Morgan fingerprint density at radius 2 is 1.63 bits per heavy atom. The molecular formula is C16H15NO2. The molecule has 0 bridgehead atoms. The van der Waals surface area contributed by atoms with Gasteiger partial charge in [-0.2, -0.15) is 0 Å². The number of benzene rings is 2. The van der Waals surface area contributed by atoms with Crippen LogP contribution < -0.4 is 5.32 Å². The van der Waals surface area contributed by atoms with Gasteiger partial charge in [-0.1, -0.05) is 30.3 Å². The summed E-state index contributed by atoms with van der Waals surface area (Å²) >= 11 is 0. The number of nitrogens with one attached hydrogen (secondary N) is 1. The molecule has 2 aromatic carbocycles. The number of phenols is 1. The molecule has 1 fully saturated rings. The second kappa shape index (κ2) is 4.43. The Labute approximate surface area is 111 Å². The van der Waals surface area contributed by atoms with Crippen molar-refractivity contribution < 1.29 is 9.90 Å². The van der Waals surface area contributed by atoms with Gasteiger partial charge in [0.2, 0.25) is 5.91 Å². The van der Waals surface area contributed by atoms with E-state index in [2.05, 4.69) is 5.32 Å². The van der Waals surface area contributed by atoms with Crippen LogP contribution in [0, 0.1) is 0 Å². The van der Waals surface area contributed by atoms with E-state index in [4.69, 9.17) is 0 Å². The predicted octanol–water partition coefficient (Wildman–Crippen LogP) is 3.06. The highest BCUT2D eigenvalue weighted by Gasteiger charge is 2.51. The van der Waals surface area contributed by atoms with Crippen LogP contribution in [0.1, 0.15) is 18.4 Å². The van der Waals surface area contributed by atoms with Gasteiger partial charge in [0.05, 0.1) is 5.41 Å². The van der Waals surface area contributed by atoms with Crippen molar-refractivity contribution in [1.82, 2.24) is 0 Å². The van der Waals surface area contributed by atoms with E-state index in [1.165, 1.54) is 0 Å². The van der Waals surface area contributed by atoms with Gasteiger partial charge >= 0.3 is 0 Å². The van der Waals surface area contributed by atoms with E-state index in [0.29, 0.717) is 5.69 Å². The van der Waals surface area contributed by atoms with Gasteiger partial charge in [-0.25, -0.2) is 0 Å². The highest BCUT2D eigenvalue weighted by Crippen LogP contribution is 2.48. The fourth-order valence-electron chi connectivity index (χ4n) is 2.32. The first-order chi connectivity index (χ1) is 9.21. The molecule has 0 spiro atoms. The minimum atomic E-state index is -0.362. The summed E-state index contributed by atoms with van der Waals surface area (Å²) in [6.45, 7) is 0. The number of hydrogen-bond acceptors (Lipinski definition) is 2. The molecular weight excluding hydrogens is 238 g/mol. The quantitative estimate of drug-likeness (QED) is 0.826. The van der Waals surface area contributed by atoms with Gasteiger partial charge in [0, 0.05) is 5.69 Å². The van der Waals surface area contributed by atoms with Gasteiger partial charge in [-0.15, -0.1) is 0 Å². The van der Waals surface area contributed by atoms with Crippen molar-refractivity contribution in [2.75, 3.05) is 5.32 Å². The van der Waals surface area contributed by atoms with Gasteiger partial charge < -0.3 is 10.4 Å². The zero-order valence-corrected chi connectivity index (χ0v) is 10.5. The van der Waals surface area contributed by atoms with Crippen molar-refractivity contribution >= 4 is 11.6 Å². The summed E-state index contributed by atoms with van der Waals surface area (Å²) in [6.07, 6.45) is 1.78. The van der Waals surface area contributed by atoms with E-state index in [9.17, 15) is 9.90 Å². The molecule has 1 amide bonds. The van der Waals surface area contributed by atoms with Gasteiger partial charge in [0.25, 0.3) is 0 Å². The number of amides is 1. The predicted molar refractivity (Wildman–Crippen MR) is 74.1 cm³/mol. The molecule has 3 heteroatoms. The van der Waals surface area contributed by atoms with Gasteiger partial charge in [-0.05, 0) is 42.7 Å². The molecule has 2 N–H and O–H groups in total. The van der Waals surface area contributed by atoms with E-state index in [1.807, 2.05) is 30.3 Å². The first-order valence-corrected chi connectivity index (χ1v) is 6.37. The molecule has 2 aromatic rings. The van der Waals surface area contributed by atoms with Crippen molar-refractivity contribution in [3.63, 3.8) is 0 Å². The molecule has 0 heterocycles. The van der Waals surface area contributed by atoms with E-state index in [-0.39, 0.29) is 17.1 Å². The normalized spacial score (nSPS) is 15.8. The largest absolute Gasteiger partial charge is 0.508 e. The zero-order chi connectivity index (χ0) is 13.3. The van der Waals surface area contributed by atoms with Crippen LogP contribution in [0.15, 0.2) is 54.6 Å². The first-order valence-electron chi connectivity index (χ1n) is 6.37. The Balaban J connectivity index is 1.79. The molecule has 0 atom stereocenters. The summed E-state index contributed by atoms with van der Waals surface area (Å²) in [7, 11) is 0. The summed E-state index contributed by atoms with van der Waals surface area (Å²) < 4.78 is 0. The van der Waals surface area contributed by atoms with Crippen molar-refractivity contribution in [2.45, 2.75) is 18.3 Å². The van der Waals surface area contributed by atoms with Crippen LogP contribution >= 0.6 is 0 Å². The lowest BCUT2D eigenvalue weighted by atomic mass is 9.95. The molecule has 0 aromatic heterocycles. The van der Waals surface area contributed by atoms with E-state index in [1.54, 1.807) is 24.3 Å². The lowest BCUT2D eigenvalue weighted by molar-refractivity contribution is -0.118. The average Bonchev–Trinajstić information content (AvgIpc) is 3.24. The minimum absolute atomic E-state index is 0.0318. The molecule has 1 saturated carbocycles. The molecule has 0 unspecified atom stereocenters. The maximum absolute atomic E-state index is 12.4. The highest BCUT2D eigenvalue weighted by atomic mass is 16.3. The summed E-state index contributed by atoms with van der Waals surface area (Å²) in [4.78, 5) is 12.4. The number of phenolic OH excluding ortho intramolecular Hbond substituents is 1. The second-order valence-electron chi connectivity index (χ2n) is 4.95. The lowest BCUT2D eigenvalue weighted by Crippen LogP contribution is -2.27. The molecule has 0 radical (unpaired) electrons. The number of rotatable bonds is 3. The van der Waals surface area contributed by atoms with E-state index >= 15 is 0 Å². The molecule has 19 heavy (non-hydrogen) atoms. The second-order valence-corrected chi connectivity index (χ2v) is 4.95. The Kier molecular flexibility index (Phi) is 2.75. The molecule has 3 nitrogen and oxygen atoms in total. The minimum Gasteiger partial charge on any atom is -0.508 e. The standard InChI is InChI=1S/C16H15NO2/c18-14-8-6-13(7-9-14)17-15(19)16(10-11-16)12-4-2-1-3-5-12/h1-9,18H,10-11H2,(H,17,19). The number of carbonyl (C=O) groups is 1. The average molecular weight is 253 g/mol. The van der Waals surface area contributed by atoms with E-state index in [0.717, 1.165) is 18.4 Å². The van der Waals surface area contributed by atoms with Crippen LogP contribution in [0.5, 0.6) is 5.75 Å². The van der Waals surface area contributed by atoms with Crippen molar-refractivity contribution in [2.24, 2.45) is 0 Å². The van der Waals surface area contributed by atoms with Crippen LogP contribution in [0.3, 0.4) is 0 Å². The maximum Gasteiger partial charge on any atom is 0.235 e. The molecule has 0 saturated heterocycles. The maximum atomic E-state index is 12.4. The third kappa shape index (κ3) is 2.19. The molecule has 0 aliphatic heterocycles. The van der Waals surface area contributed by atoms with Crippen molar-refractivity contribution in [3.05, 3.63) is 60.2 Å². The summed E-state index contributed by atoms with van der Waals surface area (Å²) in [5.41, 5.74) is 1.43. The molecule has 1 aliphatic rings. The number of aromatic hydroxyl groups is 1.